The molecule has 0 atom stereocenters. The zero-order chi connectivity index (χ0) is 12.8. The summed E-state index contributed by atoms with van der Waals surface area (Å²) in [5.41, 5.74) is 0. The van der Waals surface area contributed by atoms with Gasteiger partial charge < -0.3 is 8.85 Å². The van der Waals surface area contributed by atoms with Crippen molar-refractivity contribution < 1.29 is 8.85 Å². The molecule has 0 heterocycles. The van der Waals surface area contributed by atoms with Crippen LogP contribution in [-0.4, -0.2) is 35.0 Å². The second-order valence-electron chi connectivity index (χ2n) is 4.42. The van der Waals surface area contributed by atoms with E-state index < -0.39 is 9.28 Å². The van der Waals surface area contributed by atoms with Crippen LogP contribution in [0.2, 0.25) is 6.04 Å². The zero-order valence-corrected chi connectivity index (χ0v) is 13.8. The molecule has 2 nitrogen and oxygen atoms in total. The molecule has 0 aliphatic rings. The lowest BCUT2D eigenvalue weighted by atomic mass is 10.2. The summed E-state index contributed by atoms with van der Waals surface area (Å²) in [5.74, 6) is 2.65. The van der Waals surface area contributed by atoms with E-state index in [0.717, 1.165) is 6.04 Å². The molecular formula is C13H30O2SSi. The molecule has 0 aromatic rings. The summed E-state index contributed by atoms with van der Waals surface area (Å²) < 4.78 is 10.6. The lowest BCUT2D eigenvalue weighted by molar-refractivity contribution is 0.276. The van der Waals surface area contributed by atoms with E-state index in [0.29, 0.717) is 0 Å². The fourth-order valence-corrected chi connectivity index (χ4v) is 4.06. The summed E-state index contributed by atoms with van der Waals surface area (Å²) in [6.07, 6.45) is 9.58. The van der Waals surface area contributed by atoms with Crippen LogP contribution in [0.15, 0.2) is 0 Å². The molecule has 0 saturated carbocycles. The van der Waals surface area contributed by atoms with Crippen molar-refractivity contribution in [2.24, 2.45) is 0 Å². The van der Waals surface area contributed by atoms with Crippen molar-refractivity contribution >= 4 is 21.0 Å². The van der Waals surface area contributed by atoms with Gasteiger partial charge in [-0.25, -0.2) is 0 Å². The van der Waals surface area contributed by atoms with Gasteiger partial charge in [0.25, 0.3) is 0 Å². The zero-order valence-electron chi connectivity index (χ0n) is 11.9. The molecule has 0 radical (unpaired) electrons. The number of hydrogen-bond donors (Lipinski definition) is 0. The van der Waals surface area contributed by atoms with E-state index in [1.165, 1.54) is 56.5 Å². The third-order valence-electron chi connectivity index (χ3n) is 2.90. The van der Waals surface area contributed by atoms with Crippen LogP contribution in [0.1, 0.15) is 51.9 Å². The van der Waals surface area contributed by atoms with Gasteiger partial charge in [-0.2, -0.15) is 11.8 Å². The summed E-state index contributed by atoms with van der Waals surface area (Å²) in [6.45, 7) is 2.27. The van der Waals surface area contributed by atoms with E-state index in [2.05, 4.69) is 18.7 Å². The van der Waals surface area contributed by atoms with Gasteiger partial charge in [0.05, 0.1) is 0 Å². The Labute approximate surface area is 114 Å². The first-order valence-electron chi connectivity index (χ1n) is 6.98. The summed E-state index contributed by atoms with van der Waals surface area (Å²) in [4.78, 5) is 0. The van der Waals surface area contributed by atoms with E-state index in [-0.39, 0.29) is 0 Å². The summed E-state index contributed by atoms with van der Waals surface area (Å²) >= 11 is 2.11. The Morgan fingerprint density at radius 1 is 0.824 bits per heavy atom. The third kappa shape index (κ3) is 12.7. The first kappa shape index (κ1) is 17.5. The van der Waals surface area contributed by atoms with Crippen molar-refractivity contribution in [1.29, 1.82) is 0 Å². The number of rotatable bonds is 13. The highest BCUT2D eigenvalue weighted by molar-refractivity contribution is 7.99. The third-order valence-corrected chi connectivity index (χ3v) is 5.98. The van der Waals surface area contributed by atoms with Gasteiger partial charge in [0.2, 0.25) is 0 Å². The van der Waals surface area contributed by atoms with Crippen LogP contribution in [0, 0.1) is 0 Å². The van der Waals surface area contributed by atoms with E-state index in [1.54, 1.807) is 14.2 Å². The highest BCUT2D eigenvalue weighted by Gasteiger charge is 2.07. The Bertz CT molecular complexity index is 143. The van der Waals surface area contributed by atoms with Gasteiger partial charge in [-0.05, 0) is 30.4 Å². The predicted octanol–water partition coefficient (Wildman–Crippen LogP) is 3.98. The second kappa shape index (κ2) is 14.5. The maximum absolute atomic E-state index is 5.29. The van der Waals surface area contributed by atoms with Crippen molar-refractivity contribution in [3.05, 3.63) is 0 Å². The smallest absolute Gasteiger partial charge is 0.320 e. The van der Waals surface area contributed by atoms with Crippen LogP contribution >= 0.6 is 11.8 Å². The van der Waals surface area contributed by atoms with Crippen molar-refractivity contribution in [1.82, 2.24) is 0 Å². The highest BCUT2D eigenvalue weighted by atomic mass is 32.2. The molecule has 0 amide bonds. The topological polar surface area (TPSA) is 18.5 Å². The summed E-state index contributed by atoms with van der Waals surface area (Å²) in [7, 11) is 2.26. The summed E-state index contributed by atoms with van der Waals surface area (Å²) in [5, 5.41) is 0. The van der Waals surface area contributed by atoms with Crippen molar-refractivity contribution in [2.45, 2.75) is 57.9 Å². The molecule has 0 fully saturated rings. The number of thioether (sulfide) groups is 1. The fourth-order valence-electron chi connectivity index (χ4n) is 1.76. The number of hydrogen-bond acceptors (Lipinski definition) is 3. The van der Waals surface area contributed by atoms with Gasteiger partial charge in [0.15, 0.2) is 0 Å². The average Bonchev–Trinajstić information content (AvgIpc) is 2.36. The minimum absolute atomic E-state index is 1.16. The molecule has 0 aliphatic carbocycles. The van der Waals surface area contributed by atoms with E-state index in [4.69, 9.17) is 8.85 Å². The van der Waals surface area contributed by atoms with Crippen LogP contribution in [0.4, 0.5) is 0 Å². The molecule has 0 spiro atoms. The minimum atomic E-state index is -1.28. The van der Waals surface area contributed by atoms with E-state index >= 15 is 0 Å². The fraction of sp³-hybridized carbons (Fsp3) is 1.00. The lowest BCUT2D eigenvalue weighted by Crippen LogP contribution is -2.18. The quantitative estimate of drug-likeness (QED) is 0.375. The van der Waals surface area contributed by atoms with Crippen molar-refractivity contribution in [3.63, 3.8) is 0 Å². The Morgan fingerprint density at radius 3 is 2.00 bits per heavy atom. The Hall–Kier alpha value is 0.487. The molecular weight excluding hydrogens is 248 g/mol. The van der Waals surface area contributed by atoms with Crippen LogP contribution in [0.5, 0.6) is 0 Å². The standard InChI is InChI=1S/C13H30O2SSi/c1-4-5-6-7-8-11-16-12-9-10-13-17(14-2)15-3/h17H,4-13H2,1-3H3. The van der Waals surface area contributed by atoms with Crippen LogP contribution in [0.25, 0.3) is 0 Å². The van der Waals surface area contributed by atoms with Gasteiger partial charge >= 0.3 is 9.28 Å². The molecule has 0 N–H and O–H groups in total. The van der Waals surface area contributed by atoms with Gasteiger partial charge in [0.1, 0.15) is 0 Å². The lowest BCUT2D eigenvalue weighted by Gasteiger charge is -2.09. The van der Waals surface area contributed by atoms with Crippen LogP contribution in [0.3, 0.4) is 0 Å². The SMILES string of the molecule is CCCCCCCSCCCC[SiH](OC)OC. The normalized spacial score (nSPS) is 11.3. The Morgan fingerprint density at radius 2 is 1.41 bits per heavy atom. The van der Waals surface area contributed by atoms with Crippen molar-refractivity contribution in [2.75, 3.05) is 25.7 Å². The minimum Gasteiger partial charge on any atom is -0.400 e. The van der Waals surface area contributed by atoms with Gasteiger partial charge in [-0.15, -0.1) is 0 Å². The Balaban J connectivity index is 3.03. The molecule has 0 aromatic carbocycles. The molecule has 0 aliphatic heterocycles. The van der Waals surface area contributed by atoms with E-state index in [1.807, 2.05) is 0 Å². The average molecular weight is 279 g/mol. The van der Waals surface area contributed by atoms with Crippen LogP contribution < -0.4 is 0 Å². The molecule has 0 bridgehead atoms. The largest absolute Gasteiger partial charge is 0.400 e. The maximum Gasteiger partial charge on any atom is 0.320 e. The monoisotopic (exact) mass is 278 g/mol. The molecule has 17 heavy (non-hydrogen) atoms. The molecule has 0 unspecified atom stereocenters. The maximum atomic E-state index is 5.29. The van der Waals surface area contributed by atoms with Gasteiger partial charge in [-0.1, -0.05) is 39.0 Å². The Kier molecular flexibility index (Phi) is 15.0. The first-order chi connectivity index (χ1) is 8.35. The molecule has 104 valence electrons. The van der Waals surface area contributed by atoms with Gasteiger partial charge in [0, 0.05) is 14.2 Å². The molecule has 4 heteroatoms. The van der Waals surface area contributed by atoms with Crippen molar-refractivity contribution in [3.8, 4) is 0 Å². The molecule has 0 rings (SSSR count). The van der Waals surface area contributed by atoms with Crippen LogP contribution in [-0.2, 0) is 8.85 Å². The van der Waals surface area contributed by atoms with E-state index in [9.17, 15) is 0 Å². The molecule has 0 saturated heterocycles. The van der Waals surface area contributed by atoms with Gasteiger partial charge in [-0.3, -0.25) is 0 Å². The molecule has 0 aromatic heterocycles. The second-order valence-corrected chi connectivity index (χ2v) is 8.03. The predicted molar refractivity (Wildman–Crippen MR) is 81.3 cm³/mol. The first-order valence-corrected chi connectivity index (χ1v) is 9.89. The summed E-state index contributed by atoms with van der Waals surface area (Å²) in [6, 6.07) is 1.16. The highest BCUT2D eigenvalue weighted by Crippen LogP contribution is 2.12. The number of unbranched alkanes of at least 4 members (excludes halogenated alkanes) is 5.